The summed E-state index contributed by atoms with van der Waals surface area (Å²) in [6.45, 7) is 5.91. The van der Waals surface area contributed by atoms with E-state index in [4.69, 9.17) is 4.74 Å². The van der Waals surface area contributed by atoms with Crippen LogP contribution in [0.25, 0.3) is 0 Å². The van der Waals surface area contributed by atoms with Crippen LogP contribution in [0.5, 0.6) is 0 Å². The molecule has 3 nitrogen and oxygen atoms in total. The van der Waals surface area contributed by atoms with Gasteiger partial charge in [0.05, 0.1) is 12.7 Å². The second-order valence-electron chi connectivity index (χ2n) is 5.82. The third-order valence-electron chi connectivity index (χ3n) is 3.76. The molecule has 0 amide bonds. The molecule has 3 heteroatoms. The van der Waals surface area contributed by atoms with Crippen LogP contribution in [0.15, 0.2) is 0 Å². The van der Waals surface area contributed by atoms with Gasteiger partial charge in [-0.25, -0.2) is 0 Å². The van der Waals surface area contributed by atoms with Gasteiger partial charge in [-0.3, -0.25) is 4.79 Å². The molecule has 1 atom stereocenters. The monoisotopic (exact) mass is 256 g/mol. The molecule has 0 heterocycles. The first kappa shape index (κ1) is 15.5. The highest BCUT2D eigenvalue weighted by Gasteiger charge is 2.20. The summed E-state index contributed by atoms with van der Waals surface area (Å²) in [4.78, 5) is 10.1. The zero-order valence-electron chi connectivity index (χ0n) is 11.9. The molecule has 0 aromatic heterocycles. The van der Waals surface area contributed by atoms with Crippen LogP contribution >= 0.6 is 0 Å². The van der Waals surface area contributed by atoms with Gasteiger partial charge in [0.2, 0.25) is 0 Å². The van der Waals surface area contributed by atoms with Gasteiger partial charge in [-0.05, 0) is 31.1 Å². The molecule has 1 rings (SSSR count). The Balaban J connectivity index is 2.23. The van der Waals surface area contributed by atoms with E-state index in [0.29, 0.717) is 25.8 Å². The summed E-state index contributed by atoms with van der Waals surface area (Å²) < 4.78 is 10.5. The Morgan fingerprint density at radius 1 is 1.17 bits per heavy atom. The van der Waals surface area contributed by atoms with E-state index in [0.717, 1.165) is 18.3 Å². The average Bonchev–Trinajstić information content (AvgIpc) is 2.84. The topological polar surface area (TPSA) is 35.5 Å². The number of ether oxygens (including phenoxy) is 2. The minimum atomic E-state index is 0.353. The summed E-state index contributed by atoms with van der Waals surface area (Å²) in [5, 5.41) is 0. The SMILES string of the molecule is CC(C)CCC(CC1CCCC1)OCCOC=O. The first-order valence-corrected chi connectivity index (χ1v) is 7.39. The molecular weight excluding hydrogens is 228 g/mol. The minimum absolute atomic E-state index is 0.353. The maximum atomic E-state index is 10.1. The second-order valence-corrected chi connectivity index (χ2v) is 5.82. The summed E-state index contributed by atoms with van der Waals surface area (Å²) >= 11 is 0. The van der Waals surface area contributed by atoms with Crippen molar-refractivity contribution >= 4 is 6.47 Å². The third-order valence-corrected chi connectivity index (χ3v) is 3.76. The number of hydrogen-bond donors (Lipinski definition) is 0. The highest BCUT2D eigenvalue weighted by atomic mass is 16.5. The second kappa shape index (κ2) is 9.37. The van der Waals surface area contributed by atoms with Crippen molar-refractivity contribution in [1.82, 2.24) is 0 Å². The Kier molecular flexibility index (Phi) is 8.06. The van der Waals surface area contributed by atoms with Gasteiger partial charge in [-0.2, -0.15) is 0 Å². The lowest BCUT2D eigenvalue weighted by Gasteiger charge is -2.22. The molecule has 106 valence electrons. The van der Waals surface area contributed by atoms with Gasteiger partial charge >= 0.3 is 0 Å². The van der Waals surface area contributed by atoms with Crippen molar-refractivity contribution in [3.63, 3.8) is 0 Å². The van der Waals surface area contributed by atoms with Gasteiger partial charge in [0.25, 0.3) is 6.47 Å². The van der Waals surface area contributed by atoms with Crippen LogP contribution in [-0.2, 0) is 14.3 Å². The predicted octanol–water partition coefficient (Wildman–Crippen LogP) is 3.56. The summed E-state index contributed by atoms with van der Waals surface area (Å²) in [5.41, 5.74) is 0. The van der Waals surface area contributed by atoms with Gasteiger partial charge < -0.3 is 9.47 Å². The third kappa shape index (κ3) is 7.00. The fraction of sp³-hybridized carbons (Fsp3) is 0.933. The van der Waals surface area contributed by atoms with E-state index < -0.39 is 0 Å². The molecule has 1 aliphatic rings. The number of rotatable bonds is 10. The Bertz CT molecular complexity index is 210. The Morgan fingerprint density at radius 2 is 1.89 bits per heavy atom. The van der Waals surface area contributed by atoms with Crippen molar-refractivity contribution in [1.29, 1.82) is 0 Å². The maximum Gasteiger partial charge on any atom is 0.293 e. The molecule has 0 spiro atoms. The normalized spacial score (nSPS) is 18.2. The van der Waals surface area contributed by atoms with Crippen LogP contribution in [0.1, 0.15) is 58.8 Å². The molecule has 1 saturated carbocycles. The van der Waals surface area contributed by atoms with Crippen molar-refractivity contribution in [2.45, 2.75) is 64.9 Å². The fourth-order valence-corrected chi connectivity index (χ4v) is 2.72. The molecule has 0 saturated heterocycles. The lowest BCUT2D eigenvalue weighted by atomic mass is 9.95. The summed E-state index contributed by atoms with van der Waals surface area (Å²) in [5.74, 6) is 1.58. The number of carbonyl (C=O) groups excluding carboxylic acids is 1. The number of carbonyl (C=O) groups is 1. The summed E-state index contributed by atoms with van der Waals surface area (Å²) in [7, 11) is 0. The predicted molar refractivity (Wildman–Crippen MR) is 72.4 cm³/mol. The van der Waals surface area contributed by atoms with Gasteiger partial charge in [-0.15, -0.1) is 0 Å². The van der Waals surface area contributed by atoms with E-state index in [1.807, 2.05) is 0 Å². The van der Waals surface area contributed by atoms with Crippen molar-refractivity contribution in [3.8, 4) is 0 Å². The molecule has 0 radical (unpaired) electrons. The Labute approximate surface area is 111 Å². The van der Waals surface area contributed by atoms with Gasteiger partial charge in [0.1, 0.15) is 6.61 Å². The molecule has 1 fully saturated rings. The molecule has 0 aliphatic heterocycles. The van der Waals surface area contributed by atoms with Crippen LogP contribution in [0.3, 0.4) is 0 Å². The Morgan fingerprint density at radius 3 is 2.50 bits per heavy atom. The van der Waals surface area contributed by atoms with E-state index >= 15 is 0 Å². The standard InChI is InChI=1S/C15H28O3/c1-13(2)7-8-15(18-10-9-17-12-16)11-14-5-3-4-6-14/h12-15H,3-11H2,1-2H3. The van der Waals surface area contributed by atoms with Gasteiger partial charge in [0, 0.05) is 0 Å². The first-order chi connectivity index (χ1) is 8.72. The lowest BCUT2D eigenvalue weighted by molar-refractivity contribution is -0.131. The quantitative estimate of drug-likeness (QED) is 0.443. The molecular formula is C15H28O3. The molecule has 1 aliphatic carbocycles. The van der Waals surface area contributed by atoms with Crippen molar-refractivity contribution in [3.05, 3.63) is 0 Å². The molecule has 1 unspecified atom stereocenters. The molecule has 0 N–H and O–H groups in total. The molecule has 0 aromatic carbocycles. The van der Waals surface area contributed by atoms with E-state index in [1.165, 1.54) is 38.5 Å². The first-order valence-electron chi connectivity index (χ1n) is 7.39. The van der Waals surface area contributed by atoms with Crippen molar-refractivity contribution in [2.75, 3.05) is 13.2 Å². The zero-order valence-corrected chi connectivity index (χ0v) is 11.9. The van der Waals surface area contributed by atoms with Crippen LogP contribution < -0.4 is 0 Å². The molecule has 0 aromatic rings. The van der Waals surface area contributed by atoms with E-state index in [-0.39, 0.29) is 0 Å². The van der Waals surface area contributed by atoms with Crippen molar-refractivity contribution in [2.24, 2.45) is 11.8 Å². The largest absolute Gasteiger partial charge is 0.465 e. The molecule has 18 heavy (non-hydrogen) atoms. The fourth-order valence-electron chi connectivity index (χ4n) is 2.72. The highest BCUT2D eigenvalue weighted by Crippen LogP contribution is 2.30. The Hall–Kier alpha value is -0.570. The summed E-state index contributed by atoms with van der Waals surface area (Å²) in [6, 6.07) is 0. The van der Waals surface area contributed by atoms with E-state index in [9.17, 15) is 4.79 Å². The zero-order chi connectivity index (χ0) is 13.2. The van der Waals surface area contributed by atoms with Crippen LogP contribution in [-0.4, -0.2) is 25.8 Å². The molecule has 0 bridgehead atoms. The van der Waals surface area contributed by atoms with Crippen LogP contribution in [0.4, 0.5) is 0 Å². The van der Waals surface area contributed by atoms with Crippen LogP contribution in [0.2, 0.25) is 0 Å². The average molecular weight is 256 g/mol. The maximum absolute atomic E-state index is 10.1. The van der Waals surface area contributed by atoms with E-state index in [1.54, 1.807) is 0 Å². The smallest absolute Gasteiger partial charge is 0.293 e. The minimum Gasteiger partial charge on any atom is -0.465 e. The van der Waals surface area contributed by atoms with Crippen molar-refractivity contribution < 1.29 is 14.3 Å². The highest BCUT2D eigenvalue weighted by molar-refractivity contribution is 5.36. The lowest BCUT2D eigenvalue weighted by Crippen LogP contribution is -2.20. The van der Waals surface area contributed by atoms with Gasteiger partial charge in [-0.1, -0.05) is 39.5 Å². The summed E-state index contributed by atoms with van der Waals surface area (Å²) in [6.07, 6.45) is 9.39. The van der Waals surface area contributed by atoms with Crippen LogP contribution in [0, 0.1) is 11.8 Å². The number of hydrogen-bond acceptors (Lipinski definition) is 3. The van der Waals surface area contributed by atoms with E-state index in [2.05, 4.69) is 18.6 Å². The van der Waals surface area contributed by atoms with Gasteiger partial charge in [0.15, 0.2) is 0 Å².